The van der Waals surface area contributed by atoms with Gasteiger partial charge in [0.25, 0.3) is 5.56 Å². The molecule has 2 aliphatic carbocycles. The molecule has 40 heavy (non-hydrogen) atoms. The minimum atomic E-state index is -0.248. The summed E-state index contributed by atoms with van der Waals surface area (Å²) < 4.78 is 2.18. The van der Waals surface area contributed by atoms with Gasteiger partial charge in [-0.3, -0.25) is 14.2 Å². The molecule has 0 unspecified atom stereocenters. The molecule has 2 saturated carbocycles. The van der Waals surface area contributed by atoms with E-state index in [1.165, 1.54) is 12.0 Å². The molecule has 3 heterocycles. The number of amides is 1. The number of rotatable bonds is 2. The highest BCUT2D eigenvalue weighted by Gasteiger charge is 2.47. The van der Waals surface area contributed by atoms with E-state index in [4.69, 9.17) is 23.0 Å². The number of piperazine rings is 1. The van der Waals surface area contributed by atoms with Gasteiger partial charge in [-0.2, -0.15) is 4.98 Å². The Balaban J connectivity index is 1.20. The monoisotopic (exact) mass is 554 g/mol. The molecule has 2 aliphatic heterocycles. The van der Waals surface area contributed by atoms with E-state index < -0.39 is 0 Å². The summed E-state index contributed by atoms with van der Waals surface area (Å²) in [5.74, 6) is 4.46. The lowest BCUT2D eigenvalue weighted by Gasteiger charge is -2.39. The largest absolute Gasteiger partial charge is 0.368 e. The summed E-state index contributed by atoms with van der Waals surface area (Å²) in [4.78, 5) is 35.6. The minimum Gasteiger partial charge on any atom is -0.368 e. The zero-order valence-electron chi connectivity index (χ0n) is 22.9. The highest BCUT2D eigenvalue weighted by Crippen LogP contribution is 2.52. The first-order valence-corrected chi connectivity index (χ1v) is 15.2. The standard InChI is InChI=1S/C33H35ClN4O2/c1-2-22-9-11-23(12-10-22)31(40)37-19-17-36(18-20-37)24-13-14-26-28(21-24)38-29-25(7-6-8-27(29)34)30(39)35-32(38)33(26)15-4-3-5-16-33/h1,6-8,13-14,21-23H,3-5,9-12,15-20H2. The highest BCUT2D eigenvalue weighted by molar-refractivity contribution is 6.35. The molecule has 7 heteroatoms. The van der Waals surface area contributed by atoms with E-state index >= 15 is 0 Å². The number of benzene rings is 2. The quantitative estimate of drug-likeness (QED) is 0.382. The second-order valence-electron chi connectivity index (χ2n) is 12.1. The molecule has 0 atom stereocenters. The third kappa shape index (κ3) is 3.96. The van der Waals surface area contributed by atoms with Gasteiger partial charge < -0.3 is 9.80 Å². The maximum absolute atomic E-state index is 13.2. The Morgan fingerprint density at radius 3 is 2.48 bits per heavy atom. The molecule has 1 saturated heterocycles. The molecule has 1 amide bonds. The Morgan fingerprint density at radius 2 is 1.75 bits per heavy atom. The lowest BCUT2D eigenvalue weighted by atomic mass is 9.70. The first-order valence-electron chi connectivity index (χ1n) is 14.9. The van der Waals surface area contributed by atoms with Crippen molar-refractivity contribution < 1.29 is 4.79 Å². The van der Waals surface area contributed by atoms with Crippen LogP contribution in [0.4, 0.5) is 5.69 Å². The van der Waals surface area contributed by atoms with Crippen molar-refractivity contribution >= 4 is 34.1 Å². The molecule has 7 rings (SSSR count). The van der Waals surface area contributed by atoms with Gasteiger partial charge in [0.2, 0.25) is 5.91 Å². The number of aromatic nitrogens is 2. The fraction of sp³-hybridized carbons (Fsp3) is 0.485. The summed E-state index contributed by atoms with van der Waals surface area (Å²) in [5, 5.41) is 1.13. The molecule has 2 aromatic carbocycles. The van der Waals surface area contributed by atoms with Gasteiger partial charge in [-0.05, 0) is 68.4 Å². The Hall–Kier alpha value is -3.30. The van der Waals surface area contributed by atoms with Gasteiger partial charge in [-0.1, -0.05) is 43.0 Å². The molecule has 3 aromatic rings. The Labute approximate surface area is 240 Å². The molecule has 206 valence electrons. The maximum atomic E-state index is 13.2. The van der Waals surface area contributed by atoms with Crippen LogP contribution in [0, 0.1) is 24.2 Å². The van der Waals surface area contributed by atoms with Crippen molar-refractivity contribution in [2.45, 2.75) is 63.2 Å². The number of halogens is 1. The van der Waals surface area contributed by atoms with Crippen LogP contribution < -0.4 is 10.5 Å². The van der Waals surface area contributed by atoms with Crippen LogP contribution in [0.5, 0.6) is 0 Å². The predicted octanol–water partition coefficient (Wildman–Crippen LogP) is 5.69. The summed E-state index contributed by atoms with van der Waals surface area (Å²) in [6.07, 6.45) is 14.8. The molecule has 4 aliphatic rings. The zero-order valence-corrected chi connectivity index (χ0v) is 23.6. The summed E-state index contributed by atoms with van der Waals surface area (Å²) in [6.45, 7) is 3.06. The summed E-state index contributed by atoms with van der Waals surface area (Å²) in [7, 11) is 0. The van der Waals surface area contributed by atoms with Gasteiger partial charge in [-0.25, -0.2) is 0 Å². The van der Waals surface area contributed by atoms with Crippen LogP contribution in [0.1, 0.15) is 69.2 Å². The molecule has 3 fully saturated rings. The number of nitrogens with zero attached hydrogens (tertiary/aromatic N) is 4. The minimum absolute atomic E-state index is 0.118. The number of anilines is 1. The van der Waals surface area contributed by atoms with Gasteiger partial charge in [0.15, 0.2) is 0 Å². The summed E-state index contributed by atoms with van der Waals surface area (Å²) in [6, 6.07) is 12.3. The number of carbonyl (C=O) groups excluding carboxylic acids is 1. The first-order chi connectivity index (χ1) is 19.5. The molecular weight excluding hydrogens is 520 g/mol. The van der Waals surface area contributed by atoms with E-state index in [0.29, 0.717) is 22.2 Å². The van der Waals surface area contributed by atoms with Crippen molar-refractivity contribution in [3.63, 3.8) is 0 Å². The molecule has 0 radical (unpaired) electrons. The third-order valence-electron chi connectivity index (χ3n) is 10.0. The van der Waals surface area contributed by atoms with Crippen LogP contribution in [0.2, 0.25) is 5.02 Å². The van der Waals surface area contributed by atoms with E-state index in [1.54, 1.807) is 0 Å². The number of para-hydroxylation sites is 1. The average Bonchev–Trinajstić information content (AvgIpc) is 3.25. The van der Waals surface area contributed by atoms with Crippen LogP contribution >= 0.6 is 11.6 Å². The predicted molar refractivity (Wildman–Crippen MR) is 159 cm³/mol. The van der Waals surface area contributed by atoms with Gasteiger partial charge in [0, 0.05) is 43.7 Å². The Bertz CT molecular complexity index is 1580. The average molecular weight is 555 g/mol. The fourth-order valence-electron chi connectivity index (χ4n) is 7.81. The van der Waals surface area contributed by atoms with Crippen LogP contribution in [0.3, 0.4) is 0 Å². The van der Waals surface area contributed by atoms with E-state index in [2.05, 4.69) is 38.5 Å². The van der Waals surface area contributed by atoms with Crippen molar-refractivity contribution in [2.75, 3.05) is 31.1 Å². The van der Waals surface area contributed by atoms with Crippen LogP contribution in [-0.4, -0.2) is 46.5 Å². The molecule has 1 aromatic heterocycles. The number of hydrogen-bond acceptors (Lipinski definition) is 4. The van der Waals surface area contributed by atoms with Gasteiger partial charge in [0.05, 0.1) is 27.0 Å². The highest BCUT2D eigenvalue weighted by atomic mass is 35.5. The Kier molecular flexibility index (Phi) is 6.39. The Morgan fingerprint density at radius 1 is 1.00 bits per heavy atom. The van der Waals surface area contributed by atoms with Gasteiger partial charge in [0.1, 0.15) is 5.82 Å². The number of carbonyl (C=O) groups is 1. The molecule has 0 N–H and O–H groups in total. The number of fused-ring (bicyclic) bond motifs is 7. The molecular formula is C33H35ClN4O2. The van der Waals surface area contributed by atoms with E-state index in [-0.39, 0.29) is 16.9 Å². The van der Waals surface area contributed by atoms with Gasteiger partial charge >= 0.3 is 0 Å². The molecule has 6 nitrogen and oxygen atoms in total. The SMILES string of the molecule is C#CC1CCC(C(=O)N2CCN(c3ccc4c(c3)-n3c(nc(=O)c5cccc(Cl)c53)C43CCCCC3)CC2)CC1. The van der Waals surface area contributed by atoms with Crippen molar-refractivity contribution in [3.8, 4) is 18.0 Å². The molecule has 0 bridgehead atoms. The second kappa shape index (κ2) is 9.96. The summed E-state index contributed by atoms with van der Waals surface area (Å²) >= 11 is 6.78. The van der Waals surface area contributed by atoms with E-state index in [9.17, 15) is 9.59 Å². The van der Waals surface area contributed by atoms with Crippen molar-refractivity contribution in [1.82, 2.24) is 14.5 Å². The normalized spacial score (nSPS) is 23.6. The van der Waals surface area contributed by atoms with Crippen LogP contribution in [0.15, 0.2) is 41.2 Å². The van der Waals surface area contributed by atoms with Gasteiger partial charge in [-0.15, -0.1) is 12.3 Å². The summed E-state index contributed by atoms with van der Waals surface area (Å²) in [5.41, 5.74) is 3.79. The fourth-order valence-corrected chi connectivity index (χ4v) is 8.07. The van der Waals surface area contributed by atoms with Crippen molar-refractivity contribution in [1.29, 1.82) is 0 Å². The number of terminal acetylenes is 1. The zero-order chi connectivity index (χ0) is 27.4. The second-order valence-corrected chi connectivity index (χ2v) is 12.5. The maximum Gasteiger partial charge on any atom is 0.280 e. The lowest BCUT2D eigenvalue weighted by Crippen LogP contribution is -2.50. The number of hydrogen-bond donors (Lipinski definition) is 0. The smallest absolute Gasteiger partial charge is 0.280 e. The topological polar surface area (TPSA) is 58.4 Å². The van der Waals surface area contributed by atoms with Crippen molar-refractivity contribution in [2.24, 2.45) is 11.8 Å². The van der Waals surface area contributed by atoms with Crippen LogP contribution in [-0.2, 0) is 10.2 Å². The lowest BCUT2D eigenvalue weighted by molar-refractivity contribution is -0.137. The molecule has 1 spiro atoms. The van der Waals surface area contributed by atoms with E-state index in [1.807, 2.05) is 18.2 Å². The van der Waals surface area contributed by atoms with Crippen LogP contribution in [0.25, 0.3) is 16.6 Å². The van der Waals surface area contributed by atoms with E-state index in [0.717, 1.165) is 100 Å². The third-order valence-corrected chi connectivity index (χ3v) is 10.3. The first kappa shape index (κ1) is 25.7. The van der Waals surface area contributed by atoms with Crippen molar-refractivity contribution in [3.05, 3.63) is 63.2 Å².